The van der Waals surface area contributed by atoms with Crippen molar-refractivity contribution in [2.24, 2.45) is 5.92 Å². The zero-order valence-corrected chi connectivity index (χ0v) is 10.8. The summed E-state index contributed by atoms with van der Waals surface area (Å²) in [6, 6.07) is 0.333. The molecule has 2 rings (SSSR count). The predicted octanol–water partition coefficient (Wildman–Crippen LogP) is 2.80. The van der Waals surface area contributed by atoms with Crippen molar-refractivity contribution in [1.29, 1.82) is 0 Å². The van der Waals surface area contributed by atoms with Crippen molar-refractivity contribution in [3.05, 3.63) is 11.7 Å². The first-order valence-corrected chi connectivity index (χ1v) is 6.64. The van der Waals surface area contributed by atoms with Gasteiger partial charge in [-0.1, -0.05) is 24.9 Å². The molecule has 19 heavy (non-hydrogen) atoms. The number of nitrogens with one attached hydrogen (secondary N) is 1. The summed E-state index contributed by atoms with van der Waals surface area (Å²) in [7, 11) is 0. The molecule has 1 fully saturated rings. The Morgan fingerprint density at radius 3 is 2.68 bits per heavy atom. The van der Waals surface area contributed by atoms with Gasteiger partial charge in [0.05, 0.1) is 0 Å². The third-order valence-electron chi connectivity index (χ3n) is 3.53. The molecular formula is C12H18F3N3O. The van der Waals surface area contributed by atoms with Crippen LogP contribution in [0.5, 0.6) is 0 Å². The van der Waals surface area contributed by atoms with Crippen LogP contribution in [0.2, 0.25) is 0 Å². The Hall–Kier alpha value is -1.11. The van der Waals surface area contributed by atoms with Crippen molar-refractivity contribution in [3.63, 3.8) is 0 Å². The third kappa shape index (κ3) is 3.68. The van der Waals surface area contributed by atoms with Gasteiger partial charge < -0.3 is 9.84 Å². The second-order valence-corrected chi connectivity index (χ2v) is 4.92. The molecule has 0 amide bonds. The largest absolute Gasteiger partial charge is 0.455 e. The molecule has 1 N–H and O–H groups in total. The molecule has 2 atom stereocenters. The minimum Gasteiger partial charge on any atom is -0.339 e. The van der Waals surface area contributed by atoms with E-state index in [1.807, 2.05) is 6.92 Å². The van der Waals surface area contributed by atoms with E-state index < -0.39 is 12.0 Å². The smallest absolute Gasteiger partial charge is 0.339 e. The van der Waals surface area contributed by atoms with Crippen molar-refractivity contribution in [3.8, 4) is 0 Å². The first-order chi connectivity index (χ1) is 9.00. The lowest BCUT2D eigenvalue weighted by molar-refractivity contribution is -0.146. The molecule has 0 bridgehead atoms. The van der Waals surface area contributed by atoms with Gasteiger partial charge in [0.25, 0.3) is 5.82 Å². The van der Waals surface area contributed by atoms with Crippen molar-refractivity contribution in [2.75, 3.05) is 6.54 Å². The molecule has 108 valence electrons. The lowest BCUT2D eigenvalue weighted by atomic mass is 9.82. The Morgan fingerprint density at radius 2 is 2.05 bits per heavy atom. The second kappa shape index (κ2) is 5.90. The molecule has 7 heteroatoms. The van der Waals surface area contributed by atoms with E-state index in [2.05, 4.69) is 15.5 Å². The monoisotopic (exact) mass is 277 g/mol. The maximum atomic E-state index is 12.4. The molecule has 0 saturated heterocycles. The molecule has 0 aliphatic heterocycles. The van der Waals surface area contributed by atoms with Crippen LogP contribution in [0.15, 0.2) is 4.52 Å². The maximum Gasteiger partial charge on any atom is 0.455 e. The quantitative estimate of drug-likeness (QED) is 0.919. The number of halogens is 3. The van der Waals surface area contributed by atoms with Crippen LogP contribution in [0, 0.1) is 5.92 Å². The van der Waals surface area contributed by atoms with E-state index in [-0.39, 0.29) is 11.8 Å². The summed E-state index contributed by atoms with van der Waals surface area (Å²) in [5.74, 6) is -0.823. The molecule has 0 aromatic carbocycles. The van der Waals surface area contributed by atoms with E-state index in [4.69, 9.17) is 4.52 Å². The highest BCUT2D eigenvalue weighted by Crippen LogP contribution is 2.29. The molecule has 1 aromatic heterocycles. The van der Waals surface area contributed by atoms with Crippen LogP contribution in [-0.4, -0.2) is 22.7 Å². The highest BCUT2D eigenvalue weighted by atomic mass is 19.4. The fourth-order valence-electron chi connectivity index (χ4n) is 2.66. The summed E-state index contributed by atoms with van der Waals surface area (Å²) < 4.78 is 41.9. The molecule has 0 radical (unpaired) electrons. The summed E-state index contributed by atoms with van der Waals surface area (Å²) in [5, 5.41) is 6.37. The second-order valence-electron chi connectivity index (χ2n) is 4.92. The molecule has 1 heterocycles. The number of hydrogen-bond acceptors (Lipinski definition) is 4. The standard InChI is InChI=1S/C12H18F3N3O/c1-2-16-9-6-4-3-5-8(9)7-10-17-11(18-19-10)12(13,14)15/h8-9,16H,2-7H2,1H3. The van der Waals surface area contributed by atoms with Gasteiger partial charge >= 0.3 is 6.18 Å². The predicted molar refractivity (Wildman–Crippen MR) is 62.4 cm³/mol. The van der Waals surface area contributed by atoms with Crippen molar-refractivity contribution < 1.29 is 17.7 Å². The molecule has 0 spiro atoms. The van der Waals surface area contributed by atoms with E-state index in [0.29, 0.717) is 12.5 Å². The highest BCUT2D eigenvalue weighted by Gasteiger charge is 2.37. The first kappa shape index (κ1) is 14.3. The van der Waals surface area contributed by atoms with Crippen LogP contribution in [0.4, 0.5) is 13.2 Å². The van der Waals surface area contributed by atoms with E-state index in [0.717, 1.165) is 32.2 Å². The number of aromatic nitrogens is 2. The molecule has 1 aliphatic carbocycles. The van der Waals surface area contributed by atoms with Gasteiger partial charge in [-0.25, -0.2) is 0 Å². The maximum absolute atomic E-state index is 12.4. The summed E-state index contributed by atoms with van der Waals surface area (Å²) in [5.41, 5.74) is 0. The van der Waals surface area contributed by atoms with Crippen molar-refractivity contribution >= 4 is 0 Å². The number of alkyl halides is 3. The van der Waals surface area contributed by atoms with Crippen LogP contribution < -0.4 is 5.32 Å². The fraction of sp³-hybridized carbons (Fsp3) is 0.833. The van der Waals surface area contributed by atoms with Gasteiger partial charge in [-0.05, 0) is 25.3 Å². The Labute approximate surface area is 109 Å². The van der Waals surface area contributed by atoms with Gasteiger partial charge in [0, 0.05) is 12.5 Å². The van der Waals surface area contributed by atoms with Gasteiger partial charge in [0.2, 0.25) is 5.89 Å². The fourth-order valence-corrected chi connectivity index (χ4v) is 2.66. The van der Waals surface area contributed by atoms with Crippen molar-refractivity contribution in [1.82, 2.24) is 15.5 Å². The first-order valence-electron chi connectivity index (χ1n) is 6.64. The molecule has 4 nitrogen and oxygen atoms in total. The molecule has 2 unspecified atom stereocenters. The average molecular weight is 277 g/mol. The summed E-state index contributed by atoms with van der Waals surface area (Å²) in [6.45, 7) is 2.89. The van der Waals surface area contributed by atoms with Crippen molar-refractivity contribution in [2.45, 2.75) is 51.2 Å². The zero-order valence-electron chi connectivity index (χ0n) is 10.8. The molecule has 1 aliphatic rings. The number of nitrogens with zero attached hydrogens (tertiary/aromatic N) is 2. The van der Waals surface area contributed by atoms with Gasteiger partial charge in [0.15, 0.2) is 0 Å². The number of hydrogen-bond donors (Lipinski definition) is 1. The van der Waals surface area contributed by atoms with Gasteiger partial charge in [0.1, 0.15) is 0 Å². The summed E-state index contributed by atoms with van der Waals surface area (Å²) in [4.78, 5) is 3.44. The lowest BCUT2D eigenvalue weighted by Crippen LogP contribution is -2.39. The van der Waals surface area contributed by atoms with Crippen LogP contribution >= 0.6 is 0 Å². The van der Waals surface area contributed by atoms with Crippen LogP contribution in [0.3, 0.4) is 0 Å². The minimum absolute atomic E-state index is 0.0853. The van der Waals surface area contributed by atoms with Crippen LogP contribution in [-0.2, 0) is 12.6 Å². The van der Waals surface area contributed by atoms with Crippen LogP contribution in [0.25, 0.3) is 0 Å². The van der Waals surface area contributed by atoms with E-state index >= 15 is 0 Å². The Morgan fingerprint density at radius 1 is 1.32 bits per heavy atom. The zero-order chi connectivity index (χ0) is 13.9. The molecule has 1 aromatic rings. The normalized spacial score (nSPS) is 24.6. The SMILES string of the molecule is CCNC1CCCCC1Cc1nc(C(F)(F)F)no1. The Balaban J connectivity index is 2.00. The molecular weight excluding hydrogens is 259 g/mol. The van der Waals surface area contributed by atoms with Gasteiger partial charge in [-0.3, -0.25) is 0 Å². The van der Waals surface area contributed by atoms with Gasteiger partial charge in [-0.15, -0.1) is 0 Å². The molecule has 1 saturated carbocycles. The number of rotatable bonds is 4. The van der Waals surface area contributed by atoms with E-state index in [9.17, 15) is 13.2 Å². The minimum atomic E-state index is -4.53. The Kier molecular flexibility index (Phi) is 4.44. The highest BCUT2D eigenvalue weighted by molar-refractivity contribution is 4.94. The van der Waals surface area contributed by atoms with Crippen LogP contribution in [0.1, 0.15) is 44.3 Å². The topological polar surface area (TPSA) is 51.0 Å². The third-order valence-corrected chi connectivity index (χ3v) is 3.53. The average Bonchev–Trinajstić information content (AvgIpc) is 2.80. The lowest BCUT2D eigenvalue weighted by Gasteiger charge is -2.31. The van der Waals surface area contributed by atoms with E-state index in [1.54, 1.807) is 0 Å². The Bertz CT molecular complexity index is 403. The van der Waals surface area contributed by atoms with Gasteiger partial charge in [-0.2, -0.15) is 18.2 Å². The summed E-state index contributed by atoms with van der Waals surface area (Å²) in [6.07, 6.45) is 0.189. The van der Waals surface area contributed by atoms with E-state index in [1.165, 1.54) is 0 Å². The summed E-state index contributed by atoms with van der Waals surface area (Å²) >= 11 is 0.